The fourth-order valence-corrected chi connectivity index (χ4v) is 2.94. The molecule has 0 aromatic carbocycles. The normalized spacial score (nSPS) is 20.8. The molecule has 1 aliphatic rings. The van der Waals surface area contributed by atoms with Crippen molar-refractivity contribution in [3.63, 3.8) is 0 Å². The van der Waals surface area contributed by atoms with Gasteiger partial charge in [-0.1, -0.05) is 13.8 Å². The van der Waals surface area contributed by atoms with Crippen LogP contribution in [-0.2, 0) is 4.74 Å². The molecule has 0 aliphatic carbocycles. The monoisotopic (exact) mass is 257 g/mol. The van der Waals surface area contributed by atoms with E-state index in [0.29, 0.717) is 19.1 Å². The summed E-state index contributed by atoms with van der Waals surface area (Å²) in [7, 11) is 3.95. The molecule has 0 amide bonds. The maximum absolute atomic E-state index is 6.04. The van der Waals surface area contributed by atoms with Crippen molar-refractivity contribution in [2.24, 2.45) is 11.7 Å². The van der Waals surface area contributed by atoms with Crippen molar-refractivity contribution >= 4 is 0 Å². The van der Waals surface area contributed by atoms with E-state index in [9.17, 15) is 0 Å². The van der Waals surface area contributed by atoms with Gasteiger partial charge in [-0.3, -0.25) is 4.90 Å². The molecule has 0 saturated carbocycles. The fraction of sp³-hybridized carbons (Fsp3) is 1.00. The van der Waals surface area contributed by atoms with Crippen LogP contribution in [0.3, 0.4) is 0 Å². The molecule has 2 N–H and O–H groups in total. The van der Waals surface area contributed by atoms with Gasteiger partial charge >= 0.3 is 0 Å². The number of likely N-dealkylation sites (N-methyl/N-ethyl adjacent to an activating group) is 1. The molecule has 4 nitrogen and oxygen atoms in total. The molecule has 1 rings (SSSR count). The van der Waals surface area contributed by atoms with Crippen LogP contribution in [0.15, 0.2) is 0 Å². The molecular formula is C14H31N3O. The SMILES string of the molecule is COCC(CN)(C(C)C)N(C)CCN1CCCC1. The highest BCUT2D eigenvalue weighted by Gasteiger charge is 2.36. The van der Waals surface area contributed by atoms with Crippen LogP contribution < -0.4 is 5.73 Å². The first-order chi connectivity index (χ1) is 8.56. The maximum atomic E-state index is 6.04. The van der Waals surface area contributed by atoms with E-state index < -0.39 is 0 Å². The number of likely N-dealkylation sites (tertiary alicyclic amines) is 1. The van der Waals surface area contributed by atoms with E-state index in [2.05, 4.69) is 30.7 Å². The first-order valence-electron chi connectivity index (χ1n) is 7.19. The summed E-state index contributed by atoms with van der Waals surface area (Å²) in [5, 5.41) is 0. The minimum atomic E-state index is -0.0333. The van der Waals surface area contributed by atoms with Gasteiger partial charge in [0.05, 0.1) is 12.1 Å². The molecule has 1 saturated heterocycles. The summed E-state index contributed by atoms with van der Waals surface area (Å²) in [6.45, 7) is 10.6. The smallest absolute Gasteiger partial charge is 0.0661 e. The lowest BCUT2D eigenvalue weighted by atomic mass is 9.85. The van der Waals surface area contributed by atoms with Crippen LogP contribution in [0.4, 0.5) is 0 Å². The van der Waals surface area contributed by atoms with Gasteiger partial charge < -0.3 is 15.4 Å². The molecule has 0 radical (unpaired) electrons. The van der Waals surface area contributed by atoms with E-state index in [-0.39, 0.29) is 5.54 Å². The average Bonchev–Trinajstić information content (AvgIpc) is 2.85. The van der Waals surface area contributed by atoms with Crippen LogP contribution in [-0.4, -0.2) is 68.8 Å². The second-order valence-corrected chi connectivity index (χ2v) is 5.87. The molecule has 18 heavy (non-hydrogen) atoms. The summed E-state index contributed by atoms with van der Waals surface area (Å²) in [6, 6.07) is 0. The minimum absolute atomic E-state index is 0.0333. The van der Waals surface area contributed by atoms with E-state index in [1.807, 2.05) is 0 Å². The Labute approximate surface area is 112 Å². The Hall–Kier alpha value is -0.160. The van der Waals surface area contributed by atoms with Gasteiger partial charge in [0.2, 0.25) is 0 Å². The maximum Gasteiger partial charge on any atom is 0.0661 e. The van der Waals surface area contributed by atoms with Gasteiger partial charge in [0, 0.05) is 26.7 Å². The summed E-state index contributed by atoms with van der Waals surface area (Å²) in [4.78, 5) is 4.95. The van der Waals surface area contributed by atoms with Crippen molar-refractivity contribution in [1.82, 2.24) is 9.80 Å². The highest BCUT2D eigenvalue weighted by Crippen LogP contribution is 2.23. The van der Waals surface area contributed by atoms with Gasteiger partial charge in [0.15, 0.2) is 0 Å². The van der Waals surface area contributed by atoms with Crippen LogP contribution in [0.1, 0.15) is 26.7 Å². The fourth-order valence-electron chi connectivity index (χ4n) is 2.94. The molecule has 0 bridgehead atoms. The number of methoxy groups -OCH3 is 1. The van der Waals surface area contributed by atoms with E-state index in [1.54, 1.807) is 7.11 Å². The second kappa shape index (κ2) is 7.43. The Bertz CT molecular complexity index is 229. The number of ether oxygens (including phenoxy) is 1. The van der Waals surface area contributed by atoms with E-state index in [4.69, 9.17) is 10.5 Å². The van der Waals surface area contributed by atoms with Crippen molar-refractivity contribution < 1.29 is 4.74 Å². The molecule has 0 aromatic heterocycles. The van der Waals surface area contributed by atoms with E-state index in [0.717, 1.165) is 13.1 Å². The number of rotatable bonds is 8. The average molecular weight is 257 g/mol. The lowest BCUT2D eigenvalue weighted by Crippen LogP contribution is -2.60. The molecule has 0 aromatic rings. The lowest BCUT2D eigenvalue weighted by molar-refractivity contribution is -0.00421. The van der Waals surface area contributed by atoms with Crippen molar-refractivity contribution in [1.29, 1.82) is 0 Å². The van der Waals surface area contributed by atoms with Gasteiger partial charge in [0.1, 0.15) is 0 Å². The number of nitrogens with zero attached hydrogens (tertiary/aromatic N) is 2. The number of hydrogen-bond acceptors (Lipinski definition) is 4. The third-order valence-electron chi connectivity index (χ3n) is 4.53. The summed E-state index contributed by atoms with van der Waals surface area (Å²) in [6.07, 6.45) is 2.71. The first kappa shape index (κ1) is 15.9. The lowest BCUT2D eigenvalue weighted by Gasteiger charge is -2.44. The molecule has 1 unspecified atom stereocenters. The molecule has 1 aliphatic heterocycles. The predicted molar refractivity (Wildman–Crippen MR) is 76.8 cm³/mol. The third kappa shape index (κ3) is 3.67. The van der Waals surface area contributed by atoms with Crippen LogP contribution >= 0.6 is 0 Å². The highest BCUT2D eigenvalue weighted by atomic mass is 16.5. The molecule has 1 atom stereocenters. The largest absolute Gasteiger partial charge is 0.383 e. The Balaban J connectivity index is 2.54. The van der Waals surface area contributed by atoms with Crippen molar-refractivity contribution in [2.45, 2.75) is 32.2 Å². The molecule has 1 fully saturated rings. The summed E-state index contributed by atoms with van der Waals surface area (Å²) >= 11 is 0. The molecule has 0 spiro atoms. The molecular weight excluding hydrogens is 226 g/mol. The predicted octanol–water partition coefficient (Wildman–Crippen LogP) is 1.01. The Morgan fingerprint density at radius 1 is 1.33 bits per heavy atom. The Morgan fingerprint density at radius 3 is 2.39 bits per heavy atom. The van der Waals surface area contributed by atoms with Gasteiger partial charge in [-0.25, -0.2) is 0 Å². The van der Waals surface area contributed by atoms with Crippen molar-refractivity contribution in [2.75, 3.05) is 53.5 Å². The van der Waals surface area contributed by atoms with E-state index in [1.165, 1.54) is 25.9 Å². The van der Waals surface area contributed by atoms with Crippen LogP contribution in [0.2, 0.25) is 0 Å². The second-order valence-electron chi connectivity index (χ2n) is 5.87. The van der Waals surface area contributed by atoms with Crippen LogP contribution in [0.25, 0.3) is 0 Å². The standard InChI is InChI=1S/C14H31N3O/c1-13(2)14(11-15,12-18-4)16(3)9-10-17-7-5-6-8-17/h13H,5-12,15H2,1-4H3. The highest BCUT2D eigenvalue weighted by molar-refractivity contribution is 4.93. The topological polar surface area (TPSA) is 41.7 Å². The minimum Gasteiger partial charge on any atom is -0.383 e. The zero-order chi connectivity index (χ0) is 13.6. The quantitative estimate of drug-likeness (QED) is 0.705. The van der Waals surface area contributed by atoms with E-state index >= 15 is 0 Å². The van der Waals surface area contributed by atoms with Gasteiger partial charge in [-0.2, -0.15) is 0 Å². The number of nitrogens with two attached hydrogens (primary N) is 1. The first-order valence-corrected chi connectivity index (χ1v) is 7.19. The van der Waals surface area contributed by atoms with Crippen LogP contribution in [0, 0.1) is 5.92 Å². The zero-order valence-electron chi connectivity index (χ0n) is 12.6. The van der Waals surface area contributed by atoms with Gasteiger partial charge in [0.25, 0.3) is 0 Å². The zero-order valence-corrected chi connectivity index (χ0v) is 12.6. The Kier molecular flexibility index (Phi) is 6.57. The molecule has 4 heteroatoms. The Morgan fingerprint density at radius 2 is 1.94 bits per heavy atom. The van der Waals surface area contributed by atoms with Crippen molar-refractivity contribution in [3.8, 4) is 0 Å². The third-order valence-corrected chi connectivity index (χ3v) is 4.53. The molecule has 108 valence electrons. The van der Waals surface area contributed by atoms with Gasteiger partial charge in [-0.15, -0.1) is 0 Å². The van der Waals surface area contributed by atoms with Crippen molar-refractivity contribution in [3.05, 3.63) is 0 Å². The van der Waals surface area contributed by atoms with Gasteiger partial charge in [-0.05, 0) is 38.9 Å². The van der Waals surface area contributed by atoms with Crippen LogP contribution in [0.5, 0.6) is 0 Å². The summed E-state index contributed by atoms with van der Waals surface area (Å²) in [5.74, 6) is 0.492. The molecule has 1 heterocycles. The summed E-state index contributed by atoms with van der Waals surface area (Å²) in [5.41, 5.74) is 6.01. The number of hydrogen-bond donors (Lipinski definition) is 1. The summed E-state index contributed by atoms with van der Waals surface area (Å²) < 4.78 is 5.42.